The number of carbonyl (C=O) groups is 1. The summed E-state index contributed by atoms with van der Waals surface area (Å²) in [5, 5.41) is 3.05. The van der Waals surface area contributed by atoms with E-state index in [1.165, 1.54) is 25.3 Å². The van der Waals surface area contributed by atoms with Crippen LogP contribution in [-0.2, 0) is 11.3 Å². The van der Waals surface area contributed by atoms with Crippen molar-refractivity contribution in [2.45, 2.75) is 51.1 Å². The van der Waals surface area contributed by atoms with E-state index in [4.69, 9.17) is 0 Å². The van der Waals surface area contributed by atoms with E-state index < -0.39 is 0 Å². The van der Waals surface area contributed by atoms with Crippen LogP contribution in [0.4, 0.5) is 0 Å². The predicted octanol–water partition coefficient (Wildman–Crippen LogP) is 1.69. The normalized spacial score (nSPS) is 16.4. The summed E-state index contributed by atoms with van der Waals surface area (Å²) in [6, 6.07) is 5.37. The molecule has 2 rings (SSSR count). The number of aromatic nitrogens is 1. The zero-order valence-corrected chi connectivity index (χ0v) is 10.6. The van der Waals surface area contributed by atoms with Crippen LogP contribution in [0, 0.1) is 0 Å². The van der Waals surface area contributed by atoms with Gasteiger partial charge >= 0.3 is 0 Å². The summed E-state index contributed by atoms with van der Waals surface area (Å²) in [5.41, 5.74) is -0.0528. The maximum atomic E-state index is 11.8. The summed E-state index contributed by atoms with van der Waals surface area (Å²) in [7, 11) is 0. The minimum Gasteiger partial charge on any atom is -0.353 e. The van der Waals surface area contributed by atoms with Crippen molar-refractivity contribution in [1.29, 1.82) is 0 Å². The number of aryl methyl sites for hydroxylation is 1. The topological polar surface area (TPSA) is 51.1 Å². The van der Waals surface area contributed by atoms with Gasteiger partial charge in [-0.2, -0.15) is 0 Å². The smallest absolute Gasteiger partial charge is 0.250 e. The monoisotopic (exact) mass is 248 g/mol. The van der Waals surface area contributed by atoms with Crippen molar-refractivity contribution in [1.82, 2.24) is 9.88 Å². The lowest BCUT2D eigenvalue weighted by Crippen LogP contribution is -2.37. The van der Waals surface area contributed by atoms with Crippen LogP contribution in [0.5, 0.6) is 0 Å². The third kappa shape index (κ3) is 3.72. The molecule has 0 saturated heterocycles. The number of hydrogen-bond donors (Lipinski definition) is 1. The minimum atomic E-state index is -0.0528. The summed E-state index contributed by atoms with van der Waals surface area (Å²) in [5.74, 6) is 0.0534. The summed E-state index contributed by atoms with van der Waals surface area (Å²) in [4.78, 5) is 23.2. The maximum absolute atomic E-state index is 11.8. The van der Waals surface area contributed by atoms with Gasteiger partial charge in [0.05, 0.1) is 0 Å². The van der Waals surface area contributed by atoms with E-state index in [1.807, 2.05) is 0 Å². The second-order valence-electron chi connectivity index (χ2n) is 4.88. The number of rotatable bonds is 4. The fourth-order valence-electron chi connectivity index (χ4n) is 2.41. The van der Waals surface area contributed by atoms with Crippen LogP contribution in [0.25, 0.3) is 0 Å². The molecule has 4 heteroatoms. The lowest BCUT2D eigenvalue weighted by atomic mass is 9.95. The van der Waals surface area contributed by atoms with Gasteiger partial charge in [0.25, 0.3) is 5.56 Å². The lowest BCUT2D eigenvalue weighted by molar-refractivity contribution is -0.122. The Balaban J connectivity index is 1.78. The van der Waals surface area contributed by atoms with Gasteiger partial charge in [-0.15, -0.1) is 0 Å². The average molecular weight is 248 g/mol. The first-order valence-electron chi connectivity index (χ1n) is 6.70. The molecular weight excluding hydrogens is 228 g/mol. The van der Waals surface area contributed by atoms with Crippen molar-refractivity contribution in [2.24, 2.45) is 0 Å². The standard InChI is InChI=1S/C14H20N2O2/c17-13(15-12-6-2-1-3-7-12)9-11-16-10-5-4-8-14(16)18/h4-5,8,10,12H,1-3,6-7,9,11H2,(H,15,17). The second-order valence-corrected chi connectivity index (χ2v) is 4.88. The van der Waals surface area contributed by atoms with E-state index in [-0.39, 0.29) is 11.5 Å². The fraction of sp³-hybridized carbons (Fsp3) is 0.571. The molecule has 1 amide bonds. The van der Waals surface area contributed by atoms with Crippen molar-refractivity contribution in [2.75, 3.05) is 0 Å². The Labute approximate surface area is 107 Å². The van der Waals surface area contributed by atoms with Gasteiger partial charge in [0, 0.05) is 31.3 Å². The van der Waals surface area contributed by atoms with Crippen LogP contribution in [0.1, 0.15) is 38.5 Å². The zero-order valence-electron chi connectivity index (χ0n) is 10.6. The van der Waals surface area contributed by atoms with Gasteiger partial charge in [-0.3, -0.25) is 9.59 Å². The summed E-state index contributed by atoms with van der Waals surface area (Å²) in [6.45, 7) is 0.457. The first kappa shape index (κ1) is 12.9. The molecule has 0 radical (unpaired) electrons. The van der Waals surface area contributed by atoms with Crippen LogP contribution in [0.2, 0.25) is 0 Å². The Bertz CT molecular complexity index is 447. The molecule has 1 aromatic heterocycles. The van der Waals surface area contributed by atoms with Crippen molar-refractivity contribution >= 4 is 5.91 Å². The first-order valence-corrected chi connectivity index (χ1v) is 6.70. The van der Waals surface area contributed by atoms with Crippen LogP contribution in [-0.4, -0.2) is 16.5 Å². The quantitative estimate of drug-likeness (QED) is 0.881. The van der Waals surface area contributed by atoms with Gasteiger partial charge in [0.2, 0.25) is 5.91 Å². The number of pyridine rings is 1. The van der Waals surface area contributed by atoms with E-state index in [0.29, 0.717) is 19.0 Å². The molecule has 0 aliphatic heterocycles. The Morgan fingerprint density at radius 3 is 2.78 bits per heavy atom. The molecule has 0 spiro atoms. The average Bonchev–Trinajstić information content (AvgIpc) is 2.39. The van der Waals surface area contributed by atoms with Crippen LogP contribution < -0.4 is 10.9 Å². The van der Waals surface area contributed by atoms with Gasteiger partial charge in [0.1, 0.15) is 0 Å². The molecule has 98 valence electrons. The van der Waals surface area contributed by atoms with E-state index in [2.05, 4.69) is 5.32 Å². The van der Waals surface area contributed by atoms with Crippen molar-refractivity contribution in [3.05, 3.63) is 34.7 Å². The van der Waals surface area contributed by atoms with Crippen LogP contribution in [0.15, 0.2) is 29.2 Å². The zero-order chi connectivity index (χ0) is 12.8. The molecule has 0 aromatic carbocycles. The number of nitrogens with zero attached hydrogens (tertiary/aromatic N) is 1. The number of amides is 1. The van der Waals surface area contributed by atoms with Crippen molar-refractivity contribution in [3.8, 4) is 0 Å². The third-order valence-corrected chi connectivity index (χ3v) is 3.45. The largest absolute Gasteiger partial charge is 0.353 e. The molecule has 1 saturated carbocycles. The fourth-order valence-corrected chi connectivity index (χ4v) is 2.41. The Morgan fingerprint density at radius 2 is 2.06 bits per heavy atom. The highest BCUT2D eigenvalue weighted by Crippen LogP contribution is 2.17. The first-order chi connectivity index (χ1) is 8.75. The lowest BCUT2D eigenvalue weighted by Gasteiger charge is -2.22. The summed E-state index contributed by atoms with van der Waals surface area (Å²) in [6.07, 6.45) is 7.99. The van der Waals surface area contributed by atoms with E-state index in [9.17, 15) is 9.59 Å². The molecular formula is C14H20N2O2. The molecule has 1 fully saturated rings. The molecule has 18 heavy (non-hydrogen) atoms. The van der Waals surface area contributed by atoms with Crippen LogP contribution in [0.3, 0.4) is 0 Å². The Kier molecular flexibility index (Phi) is 4.56. The SMILES string of the molecule is O=C(CCn1ccccc1=O)NC1CCCCC1. The van der Waals surface area contributed by atoms with E-state index in [1.54, 1.807) is 22.9 Å². The highest BCUT2D eigenvalue weighted by Gasteiger charge is 2.15. The van der Waals surface area contributed by atoms with Crippen molar-refractivity contribution < 1.29 is 4.79 Å². The van der Waals surface area contributed by atoms with Crippen LogP contribution >= 0.6 is 0 Å². The van der Waals surface area contributed by atoms with E-state index in [0.717, 1.165) is 12.8 Å². The van der Waals surface area contributed by atoms with Crippen molar-refractivity contribution in [3.63, 3.8) is 0 Å². The van der Waals surface area contributed by atoms with Gasteiger partial charge < -0.3 is 9.88 Å². The Hall–Kier alpha value is -1.58. The van der Waals surface area contributed by atoms with Gasteiger partial charge in [0.15, 0.2) is 0 Å². The molecule has 0 atom stereocenters. The number of carbonyl (C=O) groups excluding carboxylic acids is 1. The molecule has 0 bridgehead atoms. The molecule has 4 nitrogen and oxygen atoms in total. The molecule has 0 unspecified atom stereocenters. The van der Waals surface area contributed by atoms with E-state index >= 15 is 0 Å². The Morgan fingerprint density at radius 1 is 1.28 bits per heavy atom. The third-order valence-electron chi connectivity index (χ3n) is 3.45. The summed E-state index contributed by atoms with van der Waals surface area (Å²) < 4.78 is 1.57. The highest BCUT2D eigenvalue weighted by atomic mass is 16.2. The maximum Gasteiger partial charge on any atom is 0.250 e. The van der Waals surface area contributed by atoms with Gasteiger partial charge in [-0.25, -0.2) is 0 Å². The molecule has 1 aliphatic carbocycles. The van der Waals surface area contributed by atoms with Gasteiger partial charge in [-0.1, -0.05) is 25.3 Å². The predicted molar refractivity (Wildman–Crippen MR) is 70.3 cm³/mol. The highest BCUT2D eigenvalue weighted by molar-refractivity contribution is 5.76. The van der Waals surface area contributed by atoms with Gasteiger partial charge in [-0.05, 0) is 18.9 Å². The number of nitrogens with one attached hydrogen (secondary N) is 1. The second kappa shape index (κ2) is 6.38. The molecule has 1 aliphatic rings. The molecule has 1 N–H and O–H groups in total. The molecule has 1 aromatic rings. The molecule has 1 heterocycles. The minimum absolute atomic E-state index is 0.0528. The summed E-state index contributed by atoms with van der Waals surface area (Å²) >= 11 is 0. The number of hydrogen-bond acceptors (Lipinski definition) is 2.